The highest BCUT2D eigenvalue weighted by atomic mass is 16.4. The first-order valence-electron chi connectivity index (χ1n) is 7.46. The molecule has 1 aliphatic heterocycles. The molecule has 2 fully saturated rings. The molecule has 1 saturated carbocycles. The normalized spacial score (nSPS) is 22.8. The minimum absolute atomic E-state index is 0.336. The summed E-state index contributed by atoms with van der Waals surface area (Å²) >= 11 is 0. The zero-order valence-electron chi connectivity index (χ0n) is 11.6. The van der Waals surface area contributed by atoms with Gasteiger partial charge in [-0.3, -0.25) is 9.69 Å². The van der Waals surface area contributed by atoms with Crippen molar-refractivity contribution in [1.29, 1.82) is 0 Å². The summed E-state index contributed by atoms with van der Waals surface area (Å²) in [6.07, 6.45) is 5.84. The fourth-order valence-electron chi connectivity index (χ4n) is 2.97. The Hall–Kier alpha value is -1.33. The van der Waals surface area contributed by atoms with Crippen molar-refractivity contribution >= 4 is 5.97 Å². The molecule has 5 nitrogen and oxygen atoms in total. The summed E-state index contributed by atoms with van der Waals surface area (Å²) in [4.78, 5) is 13.6. The Morgan fingerprint density at radius 3 is 2.70 bits per heavy atom. The van der Waals surface area contributed by atoms with E-state index in [4.69, 9.17) is 4.42 Å². The lowest BCUT2D eigenvalue weighted by Gasteiger charge is -2.33. The number of aliphatic carboxylic acids is 1. The number of carboxylic acid groups (broad SMARTS) is 1. The maximum absolute atomic E-state index is 11.2. The fraction of sp³-hybridized carbons (Fsp3) is 0.667. The molecule has 0 amide bonds. The number of furan rings is 1. The molecule has 0 spiro atoms. The smallest absolute Gasteiger partial charge is 0.320 e. The maximum atomic E-state index is 11.2. The van der Waals surface area contributed by atoms with E-state index >= 15 is 0 Å². The summed E-state index contributed by atoms with van der Waals surface area (Å²) < 4.78 is 5.36. The molecule has 0 bridgehead atoms. The van der Waals surface area contributed by atoms with Crippen LogP contribution in [0.3, 0.4) is 0 Å². The minimum Gasteiger partial charge on any atom is -0.480 e. The third-order valence-electron chi connectivity index (χ3n) is 4.32. The molecule has 1 aliphatic carbocycles. The van der Waals surface area contributed by atoms with Gasteiger partial charge in [0.25, 0.3) is 0 Å². The van der Waals surface area contributed by atoms with Gasteiger partial charge in [0.2, 0.25) is 0 Å². The zero-order chi connectivity index (χ0) is 13.9. The molecule has 2 N–H and O–H groups in total. The number of rotatable bonds is 6. The van der Waals surface area contributed by atoms with Gasteiger partial charge in [-0.2, -0.15) is 0 Å². The summed E-state index contributed by atoms with van der Waals surface area (Å²) in [6.45, 7) is 2.84. The number of nitrogens with one attached hydrogen (secondary N) is 1. The molecule has 1 saturated heterocycles. The van der Waals surface area contributed by atoms with Crippen LogP contribution in [0.4, 0.5) is 0 Å². The molecule has 2 heterocycles. The topological polar surface area (TPSA) is 65.7 Å². The van der Waals surface area contributed by atoms with Gasteiger partial charge < -0.3 is 14.8 Å². The number of likely N-dealkylation sites (tertiary alicyclic amines) is 1. The first-order valence-corrected chi connectivity index (χ1v) is 7.46. The summed E-state index contributed by atoms with van der Waals surface area (Å²) in [5.74, 6) is 0.664. The van der Waals surface area contributed by atoms with Gasteiger partial charge in [0.15, 0.2) is 0 Å². The molecule has 5 heteroatoms. The Labute approximate surface area is 118 Å². The quantitative estimate of drug-likeness (QED) is 0.829. The van der Waals surface area contributed by atoms with Crippen molar-refractivity contribution in [3.8, 4) is 0 Å². The van der Waals surface area contributed by atoms with Crippen LogP contribution in [0.25, 0.3) is 0 Å². The second-order valence-corrected chi connectivity index (χ2v) is 5.95. The molecule has 0 aromatic carbocycles. The summed E-state index contributed by atoms with van der Waals surface area (Å²) in [5, 5.41) is 12.6. The molecule has 0 radical (unpaired) electrons. The number of hydrogen-bond donors (Lipinski definition) is 2. The average Bonchev–Trinajstić information content (AvgIpc) is 3.15. The van der Waals surface area contributed by atoms with Crippen LogP contribution in [-0.2, 0) is 11.3 Å². The van der Waals surface area contributed by atoms with Crippen molar-refractivity contribution in [3.63, 3.8) is 0 Å². The van der Waals surface area contributed by atoms with Crippen molar-refractivity contribution in [1.82, 2.24) is 10.2 Å². The van der Waals surface area contributed by atoms with Crippen molar-refractivity contribution in [3.05, 3.63) is 24.2 Å². The van der Waals surface area contributed by atoms with Gasteiger partial charge in [-0.05, 0) is 43.7 Å². The van der Waals surface area contributed by atoms with E-state index in [1.54, 1.807) is 6.26 Å². The zero-order valence-corrected chi connectivity index (χ0v) is 11.6. The number of hydrogen-bond acceptors (Lipinski definition) is 4. The maximum Gasteiger partial charge on any atom is 0.320 e. The Kier molecular flexibility index (Phi) is 4.08. The lowest BCUT2D eigenvalue weighted by Crippen LogP contribution is -2.49. The van der Waals surface area contributed by atoms with Gasteiger partial charge in [-0.1, -0.05) is 0 Å². The van der Waals surface area contributed by atoms with Crippen LogP contribution in [-0.4, -0.2) is 41.1 Å². The average molecular weight is 278 g/mol. The van der Waals surface area contributed by atoms with Gasteiger partial charge >= 0.3 is 5.97 Å². The van der Waals surface area contributed by atoms with Crippen LogP contribution in [0.2, 0.25) is 0 Å². The second kappa shape index (κ2) is 5.97. The SMILES string of the molecule is O=C(O)[C@@H](NC1CCN(Cc2ccco2)CC1)C1CC1. The molecule has 20 heavy (non-hydrogen) atoms. The Bertz CT molecular complexity index is 434. The largest absolute Gasteiger partial charge is 0.480 e. The van der Waals surface area contributed by atoms with E-state index in [-0.39, 0.29) is 6.04 Å². The highest BCUT2D eigenvalue weighted by molar-refractivity contribution is 5.74. The minimum atomic E-state index is -0.689. The highest BCUT2D eigenvalue weighted by Crippen LogP contribution is 2.33. The Morgan fingerprint density at radius 1 is 1.40 bits per heavy atom. The molecule has 1 aromatic rings. The molecule has 110 valence electrons. The van der Waals surface area contributed by atoms with Crippen molar-refractivity contribution in [2.75, 3.05) is 13.1 Å². The monoisotopic (exact) mass is 278 g/mol. The summed E-state index contributed by atoms with van der Waals surface area (Å²) in [7, 11) is 0. The first kappa shape index (κ1) is 13.6. The van der Waals surface area contributed by atoms with E-state index in [0.717, 1.165) is 51.1 Å². The number of carbonyl (C=O) groups is 1. The third-order valence-corrected chi connectivity index (χ3v) is 4.32. The number of carboxylic acids is 1. The van der Waals surface area contributed by atoms with Crippen LogP contribution in [0.15, 0.2) is 22.8 Å². The van der Waals surface area contributed by atoms with Crippen LogP contribution in [0, 0.1) is 5.92 Å². The highest BCUT2D eigenvalue weighted by Gasteiger charge is 2.37. The number of piperidine rings is 1. The van der Waals surface area contributed by atoms with E-state index in [0.29, 0.717) is 12.0 Å². The predicted octanol–water partition coefficient (Wildman–Crippen LogP) is 1.70. The fourth-order valence-corrected chi connectivity index (χ4v) is 2.97. The van der Waals surface area contributed by atoms with Crippen molar-refractivity contribution in [2.24, 2.45) is 5.92 Å². The van der Waals surface area contributed by atoms with Crippen LogP contribution in [0.5, 0.6) is 0 Å². The van der Waals surface area contributed by atoms with Gasteiger partial charge in [0.1, 0.15) is 11.8 Å². The Morgan fingerprint density at radius 2 is 2.15 bits per heavy atom. The predicted molar refractivity (Wildman–Crippen MR) is 74.3 cm³/mol. The van der Waals surface area contributed by atoms with Crippen molar-refractivity contribution in [2.45, 2.75) is 44.3 Å². The molecule has 1 atom stereocenters. The summed E-state index contributed by atoms with van der Waals surface area (Å²) in [5.41, 5.74) is 0. The molecular formula is C15H22N2O3. The van der Waals surface area contributed by atoms with Crippen LogP contribution < -0.4 is 5.32 Å². The van der Waals surface area contributed by atoms with Gasteiger partial charge in [0.05, 0.1) is 12.8 Å². The van der Waals surface area contributed by atoms with E-state index in [1.165, 1.54) is 0 Å². The van der Waals surface area contributed by atoms with Gasteiger partial charge in [-0.25, -0.2) is 0 Å². The van der Waals surface area contributed by atoms with Crippen LogP contribution in [0.1, 0.15) is 31.4 Å². The molecule has 3 rings (SSSR count). The van der Waals surface area contributed by atoms with Gasteiger partial charge in [0, 0.05) is 19.1 Å². The van der Waals surface area contributed by atoms with Crippen molar-refractivity contribution < 1.29 is 14.3 Å². The lowest BCUT2D eigenvalue weighted by molar-refractivity contribution is -0.140. The molecule has 0 unspecified atom stereocenters. The second-order valence-electron chi connectivity index (χ2n) is 5.95. The van der Waals surface area contributed by atoms with Crippen LogP contribution >= 0.6 is 0 Å². The summed E-state index contributed by atoms with van der Waals surface area (Å²) in [6, 6.07) is 3.91. The number of nitrogens with zero attached hydrogens (tertiary/aromatic N) is 1. The van der Waals surface area contributed by atoms with E-state index in [1.807, 2.05) is 12.1 Å². The molecular weight excluding hydrogens is 256 g/mol. The van der Waals surface area contributed by atoms with E-state index in [2.05, 4.69) is 10.2 Å². The Balaban J connectivity index is 1.44. The van der Waals surface area contributed by atoms with E-state index in [9.17, 15) is 9.90 Å². The molecule has 2 aliphatic rings. The van der Waals surface area contributed by atoms with Gasteiger partial charge in [-0.15, -0.1) is 0 Å². The lowest BCUT2D eigenvalue weighted by atomic mass is 10.0. The van der Waals surface area contributed by atoms with E-state index < -0.39 is 5.97 Å². The molecule has 1 aromatic heterocycles. The third kappa shape index (κ3) is 3.41. The first-order chi connectivity index (χ1) is 9.72. The standard InChI is InChI=1S/C15H22N2O3/c18-15(19)14(11-3-4-11)16-12-5-7-17(8-6-12)10-13-2-1-9-20-13/h1-2,9,11-12,14,16H,3-8,10H2,(H,18,19)/t14-/m0/s1.